The molecule has 0 aliphatic rings. The molecule has 0 unspecified atom stereocenters. The Morgan fingerprint density at radius 3 is 1.70 bits per heavy atom. The van der Waals surface area contributed by atoms with Crippen molar-refractivity contribution in [1.29, 1.82) is 0 Å². The summed E-state index contributed by atoms with van der Waals surface area (Å²) in [7, 11) is 0. The first-order valence-electron chi connectivity index (χ1n) is 7.67. The Hall–Kier alpha value is -3.13. The highest BCUT2D eigenvalue weighted by molar-refractivity contribution is 5.71. The number of H-pyrrole nitrogens is 1. The summed E-state index contributed by atoms with van der Waals surface area (Å²) in [5.74, 6) is 0. The normalized spacial score (nSPS) is 10.6. The molecule has 2 heteroatoms. The van der Waals surface area contributed by atoms with E-state index in [1.54, 1.807) is 0 Å². The number of rotatable bonds is 3. The van der Waals surface area contributed by atoms with Crippen LogP contribution < -0.4 is 0 Å². The molecule has 1 aromatic heterocycles. The molecule has 0 aliphatic carbocycles. The summed E-state index contributed by atoms with van der Waals surface area (Å²) >= 11 is 0. The summed E-state index contributed by atoms with van der Waals surface area (Å²) in [6, 6.07) is 31.2. The van der Waals surface area contributed by atoms with Crippen LogP contribution in [0.15, 0.2) is 91.0 Å². The van der Waals surface area contributed by atoms with Gasteiger partial charge >= 0.3 is 0 Å². The molecule has 0 amide bonds. The summed E-state index contributed by atoms with van der Waals surface area (Å²) in [5, 5.41) is 7.55. The predicted octanol–water partition coefficient (Wildman–Crippen LogP) is 5.41. The van der Waals surface area contributed by atoms with Crippen LogP contribution in [-0.2, 0) is 0 Å². The smallest absolute Gasteiger partial charge is 0.0927 e. The van der Waals surface area contributed by atoms with E-state index in [-0.39, 0.29) is 0 Å². The number of hydrogen-bond donors (Lipinski definition) is 1. The van der Waals surface area contributed by atoms with Crippen LogP contribution in [-0.4, -0.2) is 10.2 Å². The molecule has 4 aromatic rings. The number of nitrogens with one attached hydrogen (secondary N) is 1. The van der Waals surface area contributed by atoms with Gasteiger partial charge in [-0.05, 0) is 22.8 Å². The van der Waals surface area contributed by atoms with Crippen LogP contribution in [0.5, 0.6) is 0 Å². The average molecular weight is 296 g/mol. The molecular formula is C21H16N2. The number of benzene rings is 3. The van der Waals surface area contributed by atoms with E-state index in [4.69, 9.17) is 0 Å². The van der Waals surface area contributed by atoms with Crippen molar-refractivity contribution in [3.63, 3.8) is 0 Å². The van der Waals surface area contributed by atoms with Crippen molar-refractivity contribution in [2.24, 2.45) is 0 Å². The van der Waals surface area contributed by atoms with Gasteiger partial charge in [0, 0.05) is 5.56 Å². The lowest BCUT2D eigenvalue weighted by Gasteiger charge is -2.03. The Balaban J connectivity index is 1.63. The molecule has 0 bridgehead atoms. The second-order valence-electron chi connectivity index (χ2n) is 5.48. The first-order valence-corrected chi connectivity index (χ1v) is 7.67. The fraction of sp³-hybridized carbons (Fsp3) is 0. The van der Waals surface area contributed by atoms with Gasteiger partial charge in [0.2, 0.25) is 0 Å². The van der Waals surface area contributed by atoms with E-state index in [2.05, 4.69) is 76.9 Å². The van der Waals surface area contributed by atoms with Crippen molar-refractivity contribution in [3.05, 3.63) is 91.0 Å². The van der Waals surface area contributed by atoms with Gasteiger partial charge in [-0.1, -0.05) is 84.9 Å². The van der Waals surface area contributed by atoms with Crippen molar-refractivity contribution >= 4 is 0 Å². The molecule has 4 rings (SSSR count). The molecule has 0 aliphatic heterocycles. The number of hydrogen-bond acceptors (Lipinski definition) is 1. The van der Waals surface area contributed by atoms with E-state index in [0.29, 0.717) is 0 Å². The van der Waals surface area contributed by atoms with Gasteiger partial charge in [0.25, 0.3) is 0 Å². The van der Waals surface area contributed by atoms with Crippen molar-refractivity contribution in [1.82, 2.24) is 10.2 Å². The third kappa shape index (κ3) is 2.79. The first-order chi connectivity index (χ1) is 11.4. The van der Waals surface area contributed by atoms with Crippen molar-refractivity contribution < 1.29 is 0 Å². The fourth-order valence-electron chi connectivity index (χ4n) is 2.70. The van der Waals surface area contributed by atoms with Crippen molar-refractivity contribution in [3.8, 4) is 33.6 Å². The summed E-state index contributed by atoms with van der Waals surface area (Å²) in [4.78, 5) is 0. The Morgan fingerprint density at radius 2 is 1.04 bits per heavy atom. The van der Waals surface area contributed by atoms with Crippen LogP contribution in [0.2, 0.25) is 0 Å². The third-order valence-electron chi connectivity index (χ3n) is 3.95. The van der Waals surface area contributed by atoms with Crippen LogP contribution >= 0.6 is 0 Å². The highest BCUT2D eigenvalue weighted by Crippen LogP contribution is 2.26. The Morgan fingerprint density at radius 1 is 0.522 bits per heavy atom. The van der Waals surface area contributed by atoms with Crippen LogP contribution in [0, 0.1) is 0 Å². The number of nitrogens with zero attached hydrogens (tertiary/aromatic N) is 1. The second-order valence-corrected chi connectivity index (χ2v) is 5.48. The average Bonchev–Trinajstić information content (AvgIpc) is 3.14. The second kappa shape index (κ2) is 5.93. The van der Waals surface area contributed by atoms with Gasteiger partial charge in [-0.15, -0.1) is 0 Å². The molecule has 0 spiro atoms. The molecule has 110 valence electrons. The zero-order valence-electron chi connectivity index (χ0n) is 12.6. The Labute approximate surface area is 135 Å². The van der Waals surface area contributed by atoms with E-state index in [9.17, 15) is 0 Å². The number of aromatic nitrogens is 2. The quantitative estimate of drug-likeness (QED) is 0.538. The summed E-state index contributed by atoms with van der Waals surface area (Å²) < 4.78 is 0. The highest BCUT2D eigenvalue weighted by atomic mass is 15.1. The summed E-state index contributed by atoms with van der Waals surface area (Å²) in [6.45, 7) is 0. The van der Waals surface area contributed by atoms with E-state index < -0.39 is 0 Å². The van der Waals surface area contributed by atoms with Gasteiger partial charge in [-0.3, -0.25) is 5.10 Å². The SMILES string of the molecule is c1ccc(-c2ccc(-c3cc(-c4ccccc4)n[nH]3)cc2)cc1. The largest absolute Gasteiger partial charge is 0.277 e. The molecule has 3 aromatic carbocycles. The Kier molecular flexibility index (Phi) is 3.49. The molecule has 0 atom stereocenters. The van der Waals surface area contributed by atoms with E-state index in [1.165, 1.54) is 11.1 Å². The van der Waals surface area contributed by atoms with Gasteiger partial charge in [-0.2, -0.15) is 5.10 Å². The third-order valence-corrected chi connectivity index (χ3v) is 3.95. The van der Waals surface area contributed by atoms with Gasteiger partial charge < -0.3 is 0 Å². The van der Waals surface area contributed by atoms with Crippen LogP contribution in [0.1, 0.15) is 0 Å². The van der Waals surface area contributed by atoms with Crippen molar-refractivity contribution in [2.45, 2.75) is 0 Å². The zero-order valence-corrected chi connectivity index (χ0v) is 12.6. The molecule has 0 fully saturated rings. The molecule has 0 saturated carbocycles. The van der Waals surface area contributed by atoms with Crippen LogP contribution in [0.3, 0.4) is 0 Å². The number of aromatic amines is 1. The molecule has 0 saturated heterocycles. The van der Waals surface area contributed by atoms with Crippen molar-refractivity contribution in [2.75, 3.05) is 0 Å². The molecule has 23 heavy (non-hydrogen) atoms. The maximum Gasteiger partial charge on any atom is 0.0927 e. The lowest BCUT2D eigenvalue weighted by atomic mass is 10.0. The maximum absolute atomic E-state index is 4.42. The monoisotopic (exact) mass is 296 g/mol. The molecule has 1 N–H and O–H groups in total. The molecule has 1 heterocycles. The lowest BCUT2D eigenvalue weighted by Crippen LogP contribution is -1.80. The topological polar surface area (TPSA) is 28.7 Å². The van der Waals surface area contributed by atoms with Gasteiger partial charge in [0.05, 0.1) is 11.4 Å². The highest BCUT2D eigenvalue weighted by Gasteiger charge is 2.06. The minimum atomic E-state index is 0.965. The lowest BCUT2D eigenvalue weighted by molar-refractivity contribution is 1.10. The summed E-state index contributed by atoms with van der Waals surface area (Å²) in [6.07, 6.45) is 0. The molecule has 2 nitrogen and oxygen atoms in total. The zero-order chi connectivity index (χ0) is 15.5. The van der Waals surface area contributed by atoms with Gasteiger partial charge in [0.15, 0.2) is 0 Å². The maximum atomic E-state index is 4.42. The minimum Gasteiger partial charge on any atom is -0.277 e. The van der Waals surface area contributed by atoms with Crippen LogP contribution in [0.4, 0.5) is 0 Å². The van der Waals surface area contributed by atoms with E-state index >= 15 is 0 Å². The first kappa shape index (κ1) is 13.5. The minimum absolute atomic E-state index is 0.965. The van der Waals surface area contributed by atoms with Gasteiger partial charge in [-0.25, -0.2) is 0 Å². The predicted molar refractivity (Wildman–Crippen MR) is 94.9 cm³/mol. The Bertz CT molecular complexity index is 892. The van der Waals surface area contributed by atoms with Gasteiger partial charge in [0.1, 0.15) is 0 Å². The van der Waals surface area contributed by atoms with E-state index in [1.807, 2.05) is 24.3 Å². The summed E-state index contributed by atoms with van der Waals surface area (Å²) in [5.41, 5.74) is 6.71. The molecular weight excluding hydrogens is 280 g/mol. The van der Waals surface area contributed by atoms with Crippen LogP contribution in [0.25, 0.3) is 33.6 Å². The standard InChI is InChI=1S/C21H16N2/c1-3-7-16(8-4-1)17-11-13-19(14-12-17)21-15-20(22-23-21)18-9-5-2-6-10-18/h1-15H,(H,22,23). The van der Waals surface area contributed by atoms with E-state index in [0.717, 1.165) is 22.5 Å². The molecule has 0 radical (unpaired) electrons. The fourth-order valence-corrected chi connectivity index (χ4v) is 2.70.